The summed E-state index contributed by atoms with van der Waals surface area (Å²) in [5, 5.41) is 10.1. The maximum absolute atomic E-state index is 13.8. The Bertz CT molecular complexity index is 395. The second-order valence-electron chi connectivity index (χ2n) is 4.48. The van der Waals surface area contributed by atoms with Crippen molar-refractivity contribution in [2.75, 3.05) is 6.61 Å². The van der Waals surface area contributed by atoms with Crippen LogP contribution in [0.15, 0.2) is 12.1 Å². The van der Waals surface area contributed by atoms with E-state index in [-0.39, 0.29) is 23.2 Å². The Morgan fingerprint density at radius 2 is 2.05 bits per heavy atom. The van der Waals surface area contributed by atoms with Crippen LogP contribution in [0.2, 0.25) is 5.02 Å². The molecule has 0 aliphatic heterocycles. The number of benzene rings is 1. The molecule has 0 heterocycles. The lowest BCUT2D eigenvalue weighted by Crippen LogP contribution is -2.26. The average Bonchev–Trinajstić information content (AvgIpc) is 2.39. The van der Waals surface area contributed by atoms with E-state index in [9.17, 15) is 9.50 Å². The molecule has 1 aromatic carbocycles. The molecule has 20 heavy (non-hydrogen) atoms. The SMILES string of the molecule is CCCC[C@@H](O)[C@@H](N)c1cc(F)c(OCC)c(Cl)c1.Cl. The maximum atomic E-state index is 13.8. The van der Waals surface area contributed by atoms with Gasteiger partial charge >= 0.3 is 0 Å². The van der Waals surface area contributed by atoms with E-state index in [1.165, 1.54) is 6.07 Å². The van der Waals surface area contributed by atoms with Crippen LogP contribution < -0.4 is 10.5 Å². The van der Waals surface area contributed by atoms with Crippen molar-refractivity contribution < 1.29 is 14.2 Å². The summed E-state index contributed by atoms with van der Waals surface area (Å²) in [6, 6.07) is 2.18. The summed E-state index contributed by atoms with van der Waals surface area (Å²) in [5.74, 6) is -0.523. The van der Waals surface area contributed by atoms with Gasteiger partial charge in [-0.3, -0.25) is 0 Å². The molecule has 3 nitrogen and oxygen atoms in total. The van der Waals surface area contributed by atoms with Crippen molar-refractivity contribution in [1.29, 1.82) is 0 Å². The van der Waals surface area contributed by atoms with Crippen LogP contribution in [0.1, 0.15) is 44.7 Å². The van der Waals surface area contributed by atoms with Gasteiger partial charge in [0.2, 0.25) is 0 Å². The highest BCUT2D eigenvalue weighted by Crippen LogP contribution is 2.32. The number of ether oxygens (including phenoxy) is 1. The van der Waals surface area contributed by atoms with Gasteiger partial charge in [-0.25, -0.2) is 4.39 Å². The molecule has 0 bridgehead atoms. The zero-order chi connectivity index (χ0) is 14.4. The normalized spacial score (nSPS) is 13.5. The minimum Gasteiger partial charge on any atom is -0.489 e. The quantitative estimate of drug-likeness (QED) is 0.800. The molecular weight excluding hydrogens is 304 g/mol. The number of nitrogens with two attached hydrogens (primary N) is 1. The maximum Gasteiger partial charge on any atom is 0.173 e. The number of hydrogen-bond acceptors (Lipinski definition) is 3. The molecular formula is C14H22Cl2FNO2. The second-order valence-corrected chi connectivity index (χ2v) is 4.89. The Labute approximate surface area is 130 Å². The Hall–Kier alpha value is -0.550. The van der Waals surface area contributed by atoms with E-state index < -0.39 is 18.0 Å². The number of aliphatic hydroxyl groups is 1. The van der Waals surface area contributed by atoms with Gasteiger partial charge in [-0.1, -0.05) is 31.4 Å². The number of halogens is 3. The van der Waals surface area contributed by atoms with Gasteiger partial charge in [-0.05, 0) is 31.0 Å². The predicted octanol–water partition coefficient (Wildman–Crippen LogP) is 3.85. The standard InChI is InChI=1S/C14H21ClFNO2.ClH/c1-3-5-6-12(18)13(17)9-7-10(15)14(19-4-2)11(16)8-9;/h7-8,12-13,18H,3-6,17H2,1-2H3;1H/t12-,13+;/m1./s1. The molecule has 0 aromatic heterocycles. The van der Waals surface area contributed by atoms with Crippen LogP contribution in [0.25, 0.3) is 0 Å². The minimum atomic E-state index is -0.701. The molecule has 0 saturated carbocycles. The van der Waals surface area contributed by atoms with Crippen LogP contribution in [-0.2, 0) is 0 Å². The first-order valence-electron chi connectivity index (χ1n) is 6.56. The van der Waals surface area contributed by atoms with Crippen LogP contribution >= 0.6 is 24.0 Å². The van der Waals surface area contributed by atoms with Crippen molar-refractivity contribution in [3.8, 4) is 5.75 Å². The lowest BCUT2D eigenvalue weighted by Gasteiger charge is -2.20. The monoisotopic (exact) mass is 325 g/mol. The van der Waals surface area contributed by atoms with E-state index in [1.54, 1.807) is 13.0 Å². The fourth-order valence-electron chi connectivity index (χ4n) is 1.87. The zero-order valence-corrected chi connectivity index (χ0v) is 13.3. The van der Waals surface area contributed by atoms with Crippen molar-refractivity contribution >= 4 is 24.0 Å². The second kappa shape index (κ2) is 9.40. The molecule has 6 heteroatoms. The fraction of sp³-hybridized carbons (Fsp3) is 0.571. The van der Waals surface area contributed by atoms with Gasteiger partial charge in [0.25, 0.3) is 0 Å². The Morgan fingerprint density at radius 1 is 1.40 bits per heavy atom. The summed E-state index contributed by atoms with van der Waals surface area (Å²) in [6.07, 6.45) is 1.74. The smallest absolute Gasteiger partial charge is 0.173 e. The Kier molecular flexibility index (Phi) is 9.14. The third-order valence-electron chi connectivity index (χ3n) is 2.96. The molecule has 0 fully saturated rings. The van der Waals surface area contributed by atoms with Crippen molar-refractivity contribution in [3.05, 3.63) is 28.5 Å². The summed E-state index contributed by atoms with van der Waals surface area (Å²) in [6.45, 7) is 4.12. The molecule has 0 unspecified atom stereocenters. The van der Waals surface area contributed by atoms with Crippen LogP contribution in [0.4, 0.5) is 4.39 Å². The summed E-state index contributed by atoms with van der Waals surface area (Å²) in [7, 11) is 0. The van der Waals surface area contributed by atoms with E-state index >= 15 is 0 Å². The molecule has 2 atom stereocenters. The van der Waals surface area contributed by atoms with E-state index in [4.69, 9.17) is 22.1 Å². The molecule has 0 radical (unpaired) electrons. The molecule has 116 valence electrons. The van der Waals surface area contributed by atoms with Crippen molar-refractivity contribution in [2.24, 2.45) is 5.73 Å². The summed E-state index contributed by atoms with van der Waals surface area (Å²) >= 11 is 5.96. The van der Waals surface area contributed by atoms with E-state index in [0.717, 1.165) is 12.8 Å². The highest BCUT2D eigenvalue weighted by atomic mass is 35.5. The molecule has 1 aromatic rings. The molecule has 0 aliphatic carbocycles. The minimum absolute atomic E-state index is 0. The van der Waals surface area contributed by atoms with E-state index in [2.05, 4.69) is 0 Å². The van der Waals surface area contributed by atoms with Crippen molar-refractivity contribution in [3.63, 3.8) is 0 Å². The van der Waals surface area contributed by atoms with Crippen LogP contribution in [0.5, 0.6) is 5.75 Å². The van der Waals surface area contributed by atoms with Crippen LogP contribution in [-0.4, -0.2) is 17.8 Å². The average molecular weight is 326 g/mol. The molecule has 0 amide bonds. The number of unbranched alkanes of at least 4 members (excludes halogenated alkanes) is 1. The number of hydrogen-bond donors (Lipinski definition) is 2. The molecule has 0 spiro atoms. The highest BCUT2D eigenvalue weighted by molar-refractivity contribution is 6.32. The first-order chi connectivity index (χ1) is 9.01. The number of rotatable bonds is 7. The summed E-state index contributed by atoms with van der Waals surface area (Å²) < 4.78 is 18.9. The first-order valence-corrected chi connectivity index (χ1v) is 6.94. The first kappa shape index (κ1) is 19.4. The Morgan fingerprint density at radius 3 is 2.55 bits per heavy atom. The predicted molar refractivity (Wildman–Crippen MR) is 82.3 cm³/mol. The summed E-state index contributed by atoms with van der Waals surface area (Å²) in [5.41, 5.74) is 6.41. The van der Waals surface area contributed by atoms with Crippen molar-refractivity contribution in [2.45, 2.75) is 45.3 Å². The molecule has 0 saturated heterocycles. The van der Waals surface area contributed by atoms with Gasteiger partial charge < -0.3 is 15.6 Å². The van der Waals surface area contributed by atoms with Gasteiger partial charge in [0.1, 0.15) is 0 Å². The van der Waals surface area contributed by atoms with Gasteiger partial charge in [-0.2, -0.15) is 0 Å². The Balaban J connectivity index is 0.00000361. The molecule has 3 N–H and O–H groups in total. The fourth-order valence-corrected chi connectivity index (χ4v) is 2.14. The van der Waals surface area contributed by atoms with Gasteiger partial charge in [-0.15, -0.1) is 12.4 Å². The van der Waals surface area contributed by atoms with Crippen LogP contribution in [0, 0.1) is 5.82 Å². The van der Waals surface area contributed by atoms with Crippen molar-refractivity contribution in [1.82, 2.24) is 0 Å². The molecule has 1 rings (SSSR count). The van der Waals surface area contributed by atoms with Gasteiger partial charge in [0, 0.05) is 0 Å². The largest absolute Gasteiger partial charge is 0.489 e. The van der Waals surface area contributed by atoms with E-state index in [1.807, 2.05) is 6.92 Å². The van der Waals surface area contributed by atoms with Crippen LogP contribution in [0.3, 0.4) is 0 Å². The topological polar surface area (TPSA) is 55.5 Å². The number of aliphatic hydroxyl groups excluding tert-OH is 1. The van der Waals surface area contributed by atoms with Gasteiger partial charge in [0.05, 0.1) is 23.8 Å². The lowest BCUT2D eigenvalue weighted by atomic mass is 9.98. The third kappa shape index (κ3) is 5.09. The summed E-state index contributed by atoms with van der Waals surface area (Å²) in [4.78, 5) is 0. The van der Waals surface area contributed by atoms with E-state index in [0.29, 0.717) is 18.6 Å². The highest BCUT2D eigenvalue weighted by Gasteiger charge is 2.20. The third-order valence-corrected chi connectivity index (χ3v) is 3.24. The lowest BCUT2D eigenvalue weighted by molar-refractivity contribution is 0.132. The molecule has 0 aliphatic rings. The zero-order valence-electron chi connectivity index (χ0n) is 11.7. The van der Waals surface area contributed by atoms with Gasteiger partial charge in [0.15, 0.2) is 11.6 Å².